The molecular weight excluding hydrogens is 745 g/mol. The largest absolute Gasteiger partial charge is 0.488 e. The number of nitrogens with zero attached hydrogens (tertiary/aromatic N) is 8. The number of aromatic amines is 2. The lowest BCUT2D eigenvalue weighted by Gasteiger charge is -2.11. The topological polar surface area (TPSA) is 347 Å². The number of nitrogen functional groups attached to an aromatic ring is 1. The summed E-state index contributed by atoms with van der Waals surface area (Å²) in [6.07, 6.45) is -0.666. The van der Waals surface area contributed by atoms with E-state index in [1.165, 1.54) is 12.1 Å². The molecule has 6 aromatic rings. The molecule has 0 bridgehead atoms. The number of thiophene rings is 2. The van der Waals surface area contributed by atoms with E-state index < -0.39 is 34.9 Å². The number of rotatable bonds is 11. The summed E-state index contributed by atoms with van der Waals surface area (Å²) >= 11 is 1.95. The fourth-order valence-electron chi connectivity index (χ4n) is 4.58. The normalized spacial score (nSPS) is 10.8. The number of aliphatic hydroxyl groups is 2. The first-order valence-electron chi connectivity index (χ1n) is 15.0. The molecule has 0 radical (unpaired) electrons. The molecule has 0 fully saturated rings. The third-order valence-electron chi connectivity index (χ3n) is 6.48. The second kappa shape index (κ2) is 17.2. The molecule has 4 aromatic heterocycles. The third kappa shape index (κ3) is 9.08. The number of anilines is 2. The summed E-state index contributed by atoms with van der Waals surface area (Å²) in [6, 6.07) is 6.04. The zero-order valence-electron chi connectivity index (χ0n) is 28.0. The van der Waals surface area contributed by atoms with Crippen LogP contribution in [0.15, 0.2) is 24.3 Å². The van der Waals surface area contributed by atoms with E-state index in [1.807, 2.05) is 0 Å². The number of carbonyl (C=O) groups is 2. The number of benzene rings is 2. The molecule has 53 heavy (non-hydrogen) atoms. The molecule has 8 N–H and O–H groups in total. The van der Waals surface area contributed by atoms with Crippen LogP contribution in [0.3, 0.4) is 0 Å². The van der Waals surface area contributed by atoms with E-state index >= 15 is 0 Å². The van der Waals surface area contributed by atoms with Crippen molar-refractivity contribution in [1.82, 2.24) is 41.2 Å². The highest BCUT2D eigenvalue weighted by atomic mass is 32.1. The molecule has 280 valence electrons. The Bertz CT molecular complexity index is 2240. The van der Waals surface area contributed by atoms with Gasteiger partial charge in [-0.1, -0.05) is 10.2 Å². The van der Waals surface area contributed by atoms with Crippen molar-refractivity contribution in [1.29, 1.82) is 0 Å². The average molecular weight is 775 g/mol. The van der Waals surface area contributed by atoms with Crippen LogP contribution in [0.2, 0.25) is 0 Å². The molecule has 0 saturated heterocycles. The number of aromatic carboxylic acids is 1. The summed E-state index contributed by atoms with van der Waals surface area (Å²) < 4.78 is 12.1. The maximum absolute atomic E-state index is 12.6. The number of nitro benzene ring substituents is 2. The van der Waals surface area contributed by atoms with Gasteiger partial charge in [0, 0.05) is 9.40 Å². The van der Waals surface area contributed by atoms with Crippen molar-refractivity contribution in [2.45, 2.75) is 53.1 Å². The Morgan fingerprint density at radius 3 is 1.66 bits per heavy atom. The number of nitrogens with one attached hydrogen (secondary N) is 3. The van der Waals surface area contributed by atoms with Gasteiger partial charge in [0.25, 0.3) is 29.2 Å². The lowest BCUT2D eigenvalue weighted by Crippen LogP contribution is -2.15. The number of aliphatic hydroxyl groups excluding tert-OH is 2. The molecule has 0 spiro atoms. The standard InChI is InChI=1S/C14H14N6O5S.C13H13NO6S.CH3N5/c1-6(2)25-11-9-8(4-3-7(5-21)10(9)20(23)24)26-12(11)13(22)15-14-16-18-19-17-14;1-6(2)20-11-9-8(21-12(11)13(16)17)4-3-7(5-15)10(9)14(18)19;2-1-3-5-6-4-1/h3-4,6,21H,5H2,1-2H3,(H2,15,16,17,18,19,22);3-4,6,15H,5H2,1-2H3,(H,16,17);(H3,2,3,4,5,6). The lowest BCUT2D eigenvalue weighted by atomic mass is 10.1. The predicted octanol–water partition coefficient (Wildman–Crippen LogP) is 3.42. The van der Waals surface area contributed by atoms with Gasteiger partial charge in [-0.3, -0.25) is 30.3 Å². The van der Waals surface area contributed by atoms with E-state index in [0.717, 1.165) is 22.7 Å². The number of nitrogens with two attached hydrogens (primary N) is 1. The summed E-state index contributed by atoms with van der Waals surface area (Å²) in [4.78, 5) is 45.6. The van der Waals surface area contributed by atoms with Crippen molar-refractivity contribution in [3.05, 3.63) is 65.4 Å². The molecule has 2 aromatic carbocycles. The fourth-order valence-corrected chi connectivity index (χ4v) is 6.59. The molecule has 23 nitrogen and oxygen atoms in total. The highest BCUT2D eigenvalue weighted by Crippen LogP contribution is 2.46. The van der Waals surface area contributed by atoms with E-state index in [0.29, 0.717) is 9.40 Å². The maximum atomic E-state index is 12.6. The van der Waals surface area contributed by atoms with E-state index in [1.54, 1.807) is 39.8 Å². The van der Waals surface area contributed by atoms with Gasteiger partial charge >= 0.3 is 5.97 Å². The maximum Gasteiger partial charge on any atom is 0.349 e. The van der Waals surface area contributed by atoms with Gasteiger partial charge in [-0.25, -0.2) is 4.79 Å². The molecule has 4 heterocycles. The molecule has 0 aliphatic carbocycles. The summed E-state index contributed by atoms with van der Waals surface area (Å²) in [7, 11) is 0. The average Bonchev–Trinajstić information content (AvgIpc) is 3.92. The molecule has 1 amide bonds. The number of carboxylic acid groups (broad SMARTS) is 1. The minimum absolute atomic E-state index is 0.0144. The number of H-pyrrole nitrogens is 2. The van der Waals surface area contributed by atoms with Crippen LogP contribution >= 0.6 is 22.7 Å². The van der Waals surface area contributed by atoms with Crippen LogP contribution in [-0.4, -0.2) is 90.5 Å². The number of tetrazole rings is 2. The smallest absolute Gasteiger partial charge is 0.349 e. The van der Waals surface area contributed by atoms with Crippen LogP contribution in [0.5, 0.6) is 11.5 Å². The van der Waals surface area contributed by atoms with Crippen LogP contribution in [0, 0.1) is 20.2 Å². The van der Waals surface area contributed by atoms with Crippen molar-refractivity contribution in [2.24, 2.45) is 0 Å². The molecule has 6 rings (SSSR count). The van der Waals surface area contributed by atoms with Gasteiger partial charge in [0.15, 0.2) is 16.4 Å². The SMILES string of the molecule is CC(C)Oc1c(C(=O)Nc2nn[nH]n2)sc2ccc(CO)c([N+](=O)[O-])c12.CC(C)Oc1c(C(=O)O)sc2ccc(CO)c([N+](=O)[O-])c12.Nc1nn[nH]n1. The Morgan fingerprint density at radius 1 is 0.830 bits per heavy atom. The Kier molecular flexibility index (Phi) is 12.8. The molecular formula is C28H30N12O11S2. The highest BCUT2D eigenvalue weighted by Gasteiger charge is 2.31. The zero-order valence-corrected chi connectivity index (χ0v) is 29.6. The third-order valence-corrected chi connectivity index (χ3v) is 8.74. The van der Waals surface area contributed by atoms with Crippen molar-refractivity contribution < 1.29 is 44.2 Å². The van der Waals surface area contributed by atoms with Crippen LogP contribution < -0.4 is 20.5 Å². The van der Waals surface area contributed by atoms with Gasteiger partial charge in [-0.2, -0.15) is 10.4 Å². The molecule has 0 unspecified atom stereocenters. The second-order valence-electron chi connectivity index (χ2n) is 10.8. The van der Waals surface area contributed by atoms with Gasteiger partial charge in [-0.05, 0) is 62.4 Å². The van der Waals surface area contributed by atoms with Crippen LogP contribution in [-0.2, 0) is 13.2 Å². The monoisotopic (exact) mass is 774 g/mol. The number of fused-ring (bicyclic) bond motifs is 2. The van der Waals surface area contributed by atoms with E-state index in [-0.39, 0.29) is 78.6 Å². The van der Waals surface area contributed by atoms with Gasteiger partial charge < -0.3 is 30.5 Å². The Balaban J connectivity index is 0.000000207. The molecule has 0 atom stereocenters. The fraction of sp³-hybridized carbons (Fsp3) is 0.286. The summed E-state index contributed by atoms with van der Waals surface area (Å²) in [5, 5.41) is 78.5. The highest BCUT2D eigenvalue weighted by molar-refractivity contribution is 7.21. The van der Waals surface area contributed by atoms with Gasteiger partial charge in [0.1, 0.15) is 15.6 Å². The van der Waals surface area contributed by atoms with Crippen molar-refractivity contribution in [3.8, 4) is 11.5 Å². The lowest BCUT2D eigenvalue weighted by molar-refractivity contribution is -0.384. The second-order valence-corrected chi connectivity index (χ2v) is 12.9. The molecule has 25 heteroatoms. The summed E-state index contributed by atoms with van der Waals surface area (Å²) in [5.74, 6) is -1.57. The van der Waals surface area contributed by atoms with Crippen molar-refractivity contribution in [2.75, 3.05) is 11.1 Å². The first kappa shape index (κ1) is 39.3. The van der Waals surface area contributed by atoms with Crippen molar-refractivity contribution >= 4 is 78.0 Å². The predicted molar refractivity (Wildman–Crippen MR) is 188 cm³/mol. The van der Waals surface area contributed by atoms with Crippen LogP contribution in [0.4, 0.5) is 23.3 Å². The number of hydrogen-bond donors (Lipinski definition) is 7. The number of carbonyl (C=O) groups excluding carboxylic acids is 1. The number of amides is 1. The van der Waals surface area contributed by atoms with Crippen molar-refractivity contribution in [3.63, 3.8) is 0 Å². The number of hydrogen-bond acceptors (Lipinski definition) is 19. The quantitative estimate of drug-likeness (QED) is 0.0732. The van der Waals surface area contributed by atoms with E-state index in [4.69, 9.17) is 15.2 Å². The Morgan fingerprint density at radius 2 is 1.30 bits per heavy atom. The van der Waals surface area contributed by atoms with Crippen LogP contribution in [0.25, 0.3) is 20.2 Å². The molecule has 0 saturated carbocycles. The Hall–Kier alpha value is -6.44. The number of nitro groups is 2. The van der Waals surface area contributed by atoms with E-state index in [9.17, 15) is 45.1 Å². The minimum Gasteiger partial charge on any atom is -0.488 e. The zero-order chi connectivity index (χ0) is 39.0. The summed E-state index contributed by atoms with van der Waals surface area (Å²) in [6.45, 7) is 5.88. The minimum atomic E-state index is -1.20. The number of ether oxygens (including phenoxy) is 2. The number of carboxylic acids is 1. The number of aromatic nitrogens is 8. The first-order chi connectivity index (χ1) is 25.2. The first-order valence-corrected chi connectivity index (χ1v) is 16.6. The molecule has 0 aliphatic heterocycles. The van der Waals surface area contributed by atoms with Gasteiger partial charge in [0.2, 0.25) is 0 Å². The van der Waals surface area contributed by atoms with Gasteiger partial charge in [0.05, 0.1) is 46.4 Å². The molecule has 0 aliphatic rings. The van der Waals surface area contributed by atoms with E-state index in [2.05, 4.69) is 46.6 Å². The van der Waals surface area contributed by atoms with Crippen LogP contribution in [0.1, 0.15) is 58.2 Å². The van der Waals surface area contributed by atoms with Gasteiger partial charge in [-0.15, -0.1) is 32.9 Å². The Labute approximate surface area is 304 Å². The summed E-state index contributed by atoms with van der Waals surface area (Å²) in [5.41, 5.74) is 4.63.